The Balaban J connectivity index is 2.36. The van der Waals surface area contributed by atoms with E-state index in [1.54, 1.807) is 0 Å². The lowest BCUT2D eigenvalue weighted by Gasteiger charge is -2.18. The fraction of sp³-hybridized carbons (Fsp3) is 0.889. The van der Waals surface area contributed by atoms with Gasteiger partial charge in [0.2, 0.25) is 0 Å². The zero-order valence-corrected chi connectivity index (χ0v) is 7.95. The summed E-state index contributed by atoms with van der Waals surface area (Å²) in [7, 11) is 3.88. The molecule has 0 aromatic heterocycles. The normalized spacial score (nSPS) is 31.2. The maximum atomic E-state index is 5.53. The first-order chi connectivity index (χ1) is 5.77. The van der Waals surface area contributed by atoms with Gasteiger partial charge in [-0.25, -0.2) is 0 Å². The van der Waals surface area contributed by atoms with Crippen LogP contribution in [0.3, 0.4) is 0 Å². The number of ether oxygens (including phenoxy) is 2. The van der Waals surface area contributed by atoms with Crippen molar-refractivity contribution in [2.45, 2.75) is 26.1 Å². The molecule has 0 saturated carbocycles. The van der Waals surface area contributed by atoms with Gasteiger partial charge in [0, 0.05) is 13.2 Å². The van der Waals surface area contributed by atoms with Gasteiger partial charge in [-0.05, 0) is 26.9 Å². The summed E-state index contributed by atoms with van der Waals surface area (Å²) in [5, 5.41) is 0. The molecular weight excluding hydrogens is 154 g/mol. The molecule has 0 bridgehead atoms. The van der Waals surface area contributed by atoms with Crippen molar-refractivity contribution in [3.05, 3.63) is 7.05 Å². The Labute approximate surface area is 74.6 Å². The zero-order valence-electron chi connectivity index (χ0n) is 7.95. The minimum Gasteiger partial charge on any atom is -0.455 e. The van der Waals surface area contributed by atoms with Crippen molar-refractivity contribution in [2.75, 3.05) is 26.3 Å². The molecular formula is C9H18NO2-. The predicted molar refractivity (Wildman–Crippen MR) is 47.8 cm³/mol. The summed E-state index contributed by atoms with van der Waals surface area (Å²) in [6.45, 7) is 7.30. The van der Waals surface area contributed by atoms with Gasteiger partial charge in [-0.2, -0.15) is 0 Å². The third kappa shape index (κ3) is 2.44. The van der Waals surface area contributed by atoms with Gasteiger partial charge in [0.1, 0.15) is 0 Å². The molecule has 1 heterocycles. The van der Waals surface area contributed by atoms with E-state index in [0.717, 1.165) is 26.3 Å². The fourth-order valence-corrected chi connectivity index (χ4v) is 1.57. The van der Waals surface area contributed by atoms with E-state index < -0.39 is 0 Å². The van der Waals surface area contributed by atoms with E-state index in [2.05, 4.69) is 7.05 Å². The van der Waals surface area contributed by atoms with E-state index in [0.29, 0.717) is 0 Å². The third-order valence-electron chi connectivity index (χ3n) is 2.05. The van der Waals surface area contributed by atoms with Crippen LogP contribution in [0.1, 0.15) is 13.8 Å². The molecule has 0 radical (unpaired) electrons. The Morgan fingerprint density at radius 3 is 1.92 bits per heavy atom. The van der Waals surface area contributed by atoms with Crippen LogP contribution < -0.4 is 0 Å². The van der Waals surface area contributed by atoms with Crippen molar-refractivity contribution < 1.29 is 9.47 Å². The van der Waals surface area contributed by atoms with Gasteiger partial charge in [-0.1, -0.05) is 0 Å². The van der Waals surface area contributed by atoms with E-state index in [-0.39, 0.29) is 12.2 Å². The van der Waals surface area contributed by atoms with Crippen molar-refractivity contribution in [1.82, 2.24) is 4.90 Å². The summed E-state index contributed by atoms with van der Waals surface area (Å²) in [5.74, 6) is 0. The number of hydrogen-bond donors (Lipinski definition) is 0. The summed E-state index contributed by atoms with van der Waals surface area (Å²) in [6.07, 6.45) is 0.430. The van der Waals surface area contributed by atoms with Gasteiger partial charge in [0.25, 0.3) is 0 Å². The quantitative estimate of drug-likeness (QED) is 0.588. The van der Waals surface area contributed by atoms with Gasteiger partial charge in [-0.3, -0.25) is 7.05 Å². The first-order valence-corrected chi connectivity index (χ1v) is 4.56. The number of rotatable bonds is 4. The maximum absolute atomic E-state index is 5.53. The van der Waals surface area contributed by atoms with Gasteiger partial charge in [0.15, 0.2) is 0 Å². The van der Waals surface area contributed by atoms with E-state index in [1.807, 2.05) is 18.7 Å². The minimum absolute atomic E-state index is 0.215. The standard InChI is InChI=1S/C9H18NO2/c1-4-11-8-6-10(3)7-9(8)12-5-2/h8-9H,3-7H2,1-2H3/q-1/t8-,9-/m0/s1. The fourth-order valence-electron chi connectivity index (χ4n) is 1.57. The van der Waals surface area contributed by atoms with E-state index in [9.17, 15) is 0 Å². The first kappa shape index (κ1) is 9.96. The molecule has 0 aromatic carbocycles. The summed E-state index contributed by atoms with van der Waals surface area (Å²) in [5.41, 5.74) is 0. The number of hydrogen-bond acceptors (Lipinski definition) is 3. The molecule has 3 nitrogen and oxygen atoms in total. The van der Waals surface area contributed by atoms with E-state index >= 15 is 0 Å². The van der Waals surface area contributed by atoms with Crippen LogP contribution in [0.2, 0.25) is 0 Å². The SMILES string of the molecule is [CH2-]N1C[C@H](OCC)[C@@H](OCC)C1. The molecule has 1 rings (SSSR count). The van der Waals surface area contributed by atoms with Crippen LogP contribution in [0.25, 0.3) is 0 Å². The molecule has 0 aromatic rings. The zero-order chi connectivity index (χ0) is 8.97. The van der Waals surface area contributed by atoms with Crippen LogP contribution in [0.15, 0.2) is 0 Å². The molecule has 1 fully saturated rings. The average molecular weight is 172 g/mol. The second-order valence-electron chi connectivity index (χ2n) is 3.02. The van der Waals surface area contributed by atoms with Crippen molar-refractivity contribution in [1.29, 1.82) is 0 Å². The van der Waals surface area contributed by atoms with Crippen molar-refractivity contribution in [2.24, 2.45) is 0 Å². The highest BCUT2D eigenvalue weighted by Crippen LogP contribution is 2.15. The molecule has 1 aliphatic heterocycles. The smallest absolute Gasteiger partial charge is 0.0950 e. The highest BCUT2D eigenvalue weighted by atomic mass is 16.5. The molecule has 12 heavy (non-hydrogen) atoms. The van der Waals surface area contributed by atoms with Gasteiger partial charge in [-0.15, -0.1) is 0 Å². The summed E-state index contributed by atoms with van der Waals surface area (Å²) in [4.78, 5) is 2.00. The molecule has 0 aliphatic carbocycles. The van der Waals surface area contributed by atoms with Gasteiger partial charge in [0.05, 0.1) is 12.2 Å². The molecule has 3 heteroatoms. The monoisotopic (exact) mass is 172 g/mol. The highest BCUT2D eigenvalue weighted by molar-refractivity contribution is 4.85. The summed E-state index contributed by atoms with van der Waals surface area (Å²) < 4.78 is 11.1. The van der Waals surface area contributed by atoms with Crippen molar-refractivity contribution >= 4 is 0 Å². The lowest BCUT2D eigenvalue weighted by Crippen LogP contribution is -2.29. The van der Waals surface area contributed by atoms with Crippen LogP contribution in [-0.2, 0) is 9.47 Å². The highest BCUT2D eigenvalue weighted by Gasteiger charge is 2.28. The molecule has 0 amide bonds. The molecule has 72 valence electrons. The van der Waals surface area contributed by atoms with Gasteiger partial charge < -0.3 is 14.4 Å². The lowest BCUT2D eigenvalue weighted by molar-refractivity contribution is -0.0388. The van der Waals surface area contributed by atoms with Crippen LogP contribution in [-0.4, -0.2) is 43.4 Å². The molecule has 0 N–H and O–H groups in total. The van der Waals surface area contributed by atoms with Crippen LogP contribution in [0.5, 0.6) is 0 Å². The number of nitrogens with zero attached hydrogens (tertiary/aromatic N) is 1. The van der Waals surface area contributed by atoms with E-state index in [4.69, 9.17) is 9.47 Å². The third-order valence-corrected chi connectivity index (χ3v) is 2.05. The molecule has 1 saturated heterocycles. The maximum Gasteiger partial charge on any atom is 0.0950 e. The molecule has 0 spiro atoms. The molecule has 0 unspecified atom stereocenters. The van der Waals surface area contributed by atoms with Crippen LogP contribution in [0.4, 0.5) is 0 Å². The Morgan fingerprint density at radius 2 is 1.58 bits per heavy atom. The first-order valence-electron chi connectivity index (χ1n) is 4.56. The Kier molecular flexibility index (Phi) is 3.98. The number of likely N-dealkylation sites (tertiary alicyclic amines) is 1. The lowest BCUT2D eigenvalue weighted by atomic mass is 10.2. The van der Waals surface area contributed by atoms with Gasteiger partial charge >= 0.3 is 0 Å². The largest absolute Gasteiger partial charge is 0.455 e. The summed E-state index contributed by atoms with van der Waals surface area (Å²) in [6, 6.07) is 0. The van der Waals surface area contributed by atoms with E-state index in [1.165, 1.54) is 0 Å². The molecule has 2 atom stereocenters. The minimum atomic E-state index is 0.215. The second-order valence-corrected chi connectivity index (χ2v) is 3.02. The van der Waals surface area contributed by atoms with Crippen LogP contribution in [0, 0.1) is 7.05 Å². The second kappa shape index (κ2) is 4.80. The summed E-state index contributed by atoms with van der Waals surface area (Å²) >= 11 is 0. The Hall–Kier alpha value is -0.120. The van der Waals surface area contributed by atoms with Crippen molar-refractivity contribution in [3.63, 3.8) is 0 Å². The predicted octanol–water partition coefficient (Wildman–Crippen LogP) is 0.904. The Bertz CT molecular complexity index is 116. The average Bonchev–Trinajstić information content (AvgIpc) is 2.33. The topological polar surface area (TPSA) is 21.7 Å². The Morgan fingerprint density at radius 1 is 1.17 bits per heavy atom. The molecule has 1 aliphatic rings. The van der Waals surface area contributed by atoms with Crippen LogP contribution >= 0.6 is 0 Å². The van der Waals surface area contributed by atoms with Crippen molar-refractivity contribution in [3.8, 4) is 0 Å².